The third-order valence-corrected chi connectivity index (χ3v) is 7.60. The molecular formula is C30H30N6O4S. The molecule has 0 radical (unpaired) electrons. The Morgan fingerprint density at radius 1 is 1.12 bits per heavy atom. The lowest BCUT2D eigenvalue weighted by Gasteiger charge is -2.28. The molecule has 1 aliphatic heterocycles. The number of amides is 1. The van der Waals surface area contributed by atoms with Crippen LogP contribution in [0.2, 0.25) is 0 Å². The van der Waals surface area contributed by atoms with Crippen LogP contribution in [0.4, 0.5) is 11.4 Å². The van der Waals surface area contributed by atoms with E-state index >= 15 is 0 Å². The van der Waals surface area contributed by atoms with Crippen molar-refractivity contribution in [3.05, 3.63) is 112 Å². The van der Waals surface area contributed by atoms with Crippen LogP contribution < -0.4 is 15.4 Å². The summed E-state index contributed by atoms with van der Waals surface area (Å²) in [6.07, 6.45) is 1.95. The number of para-hydroxylation sites is 1. The SMILES string of the molecule is COc1ccc(-n2c(C)cc([C@@H]3[C@H](c4ccccn4)NC(=S)N3CCC(=O)Nc3ccccc3)c2C)c([N+](=O)[O-])c1. The quantitative estimate of drug-likeness (QED) is 0.156. The van der Waals surface area contributed by atoms with Crippen molar-refractivity contribution in [2.75, 3.05) is 19.0 Å². The van der Waals surface area contributed by atoms with E-state index in [1.807, 2.05) is 77.9 Å². The van der Waals surface area contributed by atoms with Crippen molar-refractivity contribution < 1.29 is 14.5 Å². The largest absolute Gasteiger partial charge is 0.496 e. The highest BCUT2D eigenvalue weighted by atomic mass is 32.1. The number of nitrogens with zero attached hydrogens (tertiary/aromatic N) is 4. The number of aromatic nitrogens is 2. The van der Waals surface area contributed by atoms with Crippen LogP contribution >= 0.6 is 12.2 Å². The molecule has 2 N–H and O–H groups in total. The van der Waals surface area contributed by atoms with E-state index in [9.17, 15) is 14.9 Å². The second kappa shape index (κ2) is 11.8. The maximum atomic E-state index is 12.8. The fourth-order valence-electron chi connectivity index (χ4n) is 5.38. The molecule has 41 heavy (non-hydrogen) atoms. The van der Waals surface area contributed by atoms with Gasteiger partial charge in [0.1, 0.15) is 11.4 Å². The highest BCUT2D eigenvalue weighted by Crippen LogP contribution is 2.42. The molecule has 11 heteroatoms. The van der Waals surface area contributed by atoms with Crippen LogP contribution in [0.3, 0.4) is 0 Å². The van der Waals surface area contributed by atoms with Gasteiger partial charge in [0.2, 0.25) is 5.91 Å². The van der Waals surface area contributed by atoms with Gasteiger partial charge in [-0.3, -0.25) is 19.9 Å². The number of nitro groups is 1. The summed E-state index contributed by atoms with van der Waals surface area (Å²) in [5, 5.41) is 18.9. The minimum absolute atomic E-state index is 0.0616. The van der Waals surface area contributed by atoms with E-state index in [2.05, 4.69) is 15.6 Å². The average Bonchev–Trinajstić information content (AvgIpc) is 3.46. The zero-order valence-corrected chi connectivity index (χ0v) is 23.7. The van der Waals surface area contributed by atoms with E-state index in [0.29, 0.717) is 23.1 Å². The summed E-state index contributed by atoms with van der Waals surface area (Å²) in [6, 6.07) is 21.3. The topological polar surface area (TPSA) is 115 Å². The first-order chi connectivity index (χ1) is 19.8. The fourth-order valence-corrected chi connectivity index (χ4v) is 5.71. The first-order valence-electron chi connectivity index (χ1n) is 13.1. The van der Waals surface area contributed by atoms with Crippen LogP contribution in [0.25, 0.3) is 5.69 Å². The molecule has 10 nitrogen and oxygen atoms in total. The number of nitrogens with one attached hydrogen (secondary N) is 2. The Morgan fingerprint density at radius 2 is 1.88 bits per heavy atom. The number of thiocarbonyl (C=S) groups is 1. The number of hydrogen-bond donors (Lipinski definition) is 2. The van der Waals surface area contributed by atoms with Gasteiger partial charge in [0, 0.05) is 36.2 Å². The van der Waals surface area contributed by atoms with Gasteiger partial charge in [-0.05, 0) is 74.1 Å². The van der Waals surface area contributed by atoms with E-state index in [1.165, 1.54) is 13.2 Å². The Morgan fingerprint density at radius 3 is 2.56 bits per heavy atom. The molecule has 2 aromatic carbocycles. The van der Waals surface area contributed by atoms with Crippen LogP contribution in [0, 0.1) is 24.0 Å². The van der Waals surface area contributed by atoms with Crippen molar-refractivity contribution in [3.63, 3.8) is 0 Å². The van der Waals surface area contributed by atoms with Crippen molar-refractivity contribution in [2.45, 2.75) is 32.4 Å². The molecule has 0 aliphatic carbocycles. The van der Waals surface area contributed by atoms with Crippen molar-refractivity contribution >= 4 is 34.6 Å². The minimum atomic E-state index is -0.406. The molecule has 1 aliphatic rings. The Kier molecular flexibility index (Phi) is 7.97. The number of aryl methyl sites for hydroxylation is 1. The summed E-state index contributed by atoms with van der Waals surface area (Å²) in [7, 11) is 1.48. The van der Waals surface area contributed by atoms with E-state index in [1.54, 1.807) is 18.3 Å². The zero-order chi connectivity index (χ0) is 29.1. The molecule has 210 valence electrons. The number of nitro benzene ring substituents is 1. The first-order valence-corrected chi connectivity index (χ1v) is 13.5. The van der Waals surface area contributed by atoms with Crippen LogP contribution in [0.15, 0.2) is 79.0 Å². The molecule has 1 amide bonds. The monoisotopic (exact) mass is 570 g/mol. The van der Waals surface area contributed by atoms with Crippen molar-refractivity contribution in [1.29, 1.82) is 0 Å². The highest BCUT2D eigenvalue weighted by molar-refractivity contribution is 7.80. The van der Waals surface area contributed by atoms with E-state index in [0.717, 1.165) is 28.3 Å². The van der Waals surface area contributed by atoms with E-state index in [-0.39, 0.29) is 30.1 Å². The number of carbonyl (C=O) groups is 1. The summed E-state index contributed by atoms with van der Waals surface area (Å²) in [5.41, 5.74) is 4.49. The van der Waals surface area contributed by atoms with Crippen LogP contribution in [-0.4, -0.2) is 44.0 Å². The van der Waals surface area contributed by atoms with Gasteiger partial charge in [0.15, 0.2) is 5.11 Å². The van der Waals surface area contributed by atoms with Gasteiger partial charge < -0.3 is 24.8 Å². The standard InChI is InChI=1S/C30H30N6O4S/c1-19-17-23(20(2)35(19)25-13-12-22(40-3)18-26(25)36(38)39)29-28(24-11-7-8-15-31-24)33-30(41)34(29)16-14-27(37)32-21-9-5-4-6-10-21/h4-13,15,17-18,28-29H,14,16H2,1-3H3,(H,32,37)(H,33,41)/t28-,29+/m0/s1. The van der Waals surface area contributed by atoms with Gasteiger partial charge in [-0.1, -0.05) is 24.3 Å². The predicted molar refractivity (Wildman–Crippen MR) is 160 cm³/mol. The molecule has 1 fully saturated rings. The number of carbonyl (C=O) groups excluding carboxylic acids is 1. The van der Waals surface area contributed by atoms with Gasteiger partial charge >= 0.3 is 0 Å². The molecule has 0 unspecified atom stereocenters. The lowest BCUT2D eigenvalue weighted by molar-refractivity contribution is -0.384. The third-order valence-electron chi connectivity index (χ3n) is 7.24. The Hall–Kier alpha value is -4.77. The normalized spacial score (nSPS) is 16.4. The highest BCUT2D eigenvalue weighted by Gasteiger charge is 2.41. The third kappa shape index (κ3) is 5.62. The Bertz CT molecular complexity index is 1590. The number of benzene rings is 2. The van der Waals surface area contributed by atoms with E-state index < -0.39 is 4.92 Å². The molecule has 0 spiro atoms. The molecule has 2 aromatic heterocycles. The fraction of sp³-hybridized carbons (Fsp3) is 0.233. The summed E-state index contributed by atoms with van der Waals surface area (Å²) in [4.78, 5) is 31.1. The number of ether oxygens (including phenoxy) is 1. The molecular weight excluding hydrogens is 540 g/mol. The number of anilines is 1. The van der Waals surface area contributed by atoms with Gasteiger partial charge in [0.05, 0.1) is 35.9 Å². The summed E-state index contributed by atoms with van der Waals surface area (Å²) >= 11 is 5.78. The lowest BCUT2D eigenvalue weighted by atomic mass is 9.96. The lowest BCUT2D eigenvalue weighted by Crippen LogP contribution is -2.32. The van der Waals surface area contributed by atoms with Crippen molar-refractivity contribution in [3.8, 4) is 11.4 Å². The van der Waals surface area contributed by atoms with E-state index in [4.69, 9.17) is 17.0 Å². The molecule has 2 atom stereocenters. The molecule has 0 bridgehead atoms. The van der Waals surface area contributed by atoms with Gasteiger partial charge in [-0.2, -0.15) is 0 Å². The molecule has 5 rings (SSSR count). The van der Waals surface area contributed by atoms with Crippen molar-refractivity contribution in [1.82, 2.24) is 19.8 Å². The van der Waals surface area contributed by atoms with Gasteiger partial charge in [-0.25, -0.2) is 0 Å². The molecule has 0 saturated carbocycles. The first kappa shape index (κ1) is 27.8. The second-order valence-corrected chi connectivity index (χ2v) is 10.1. The van der Waals surface area contributed by atoms with Crippen molar-refractivity contribution in [2.24, 2.45) is 0 Å². The molecule has 4 aromatic rings. The predicted octanol–water partition coefficient (Wildman–Crippen LogP) is 5.41. The minimum Gasteiger partial charge on any atom is -0.496 e. The average molecular weight is 571 g/mol. The molecule has 3 heterocycles. The maximum Gasteiger partial charge on any atom is 0.296 e. The number of rotatable bonds is 9. The van der Waals surface area contributed by atoms with Crippen LogP contribution in [-0.2, 0) is 4.79 Å². The number of pyridine rings is 1. The zero-order valence-electron chi connectivity index (χ0n) is 22.9. The van der Waals surface area contributed by atoms with Crippen LogP contribution in [0.5, 0.6) is 5.75 Å². The molecule has 1 saturated heterocycles. The van der Waals surface area contributed by atoms with Gasteiger partial charge in [-0.15, -0.1) is 0 Å². The summed E-state index contributed by atoms with van der Waals surface area (Å²) < 4.78 is 7.11. The number of hydrogen-bond acceptors (Lipinski definition) is 6. The van der Waals surface area contributed by atoms with Gasteiger partial charge in [0.25, 0.3) is 5.69 Å². The van der Waals surface area contributed by atoms with Crippen LogP contribution in [0.1, 0.15) is 41.1 Å². The second-order valence-electron chi connectivity index (χ2n) is 9.76. The smallest absolute Gasteiger partial charge is 0.296 e. The maximum absolute atomic E-state index is 12.8. The Balaban J connectivity index is 1.53. The summed E-state index contributed by atoms with van der Waals surface area (Å²) in [6.45, 7) is 4.22. The number of methoxy groups -OCH3 is 1. The Labute approximate surface area is 243 Å². The summed E-state index contributed by atoms with van der Waals surface area (Å²) in [5.74, 6) is 0.280.